The van der Waals surface area contributed by atoms with Crippen molar-refractivity contribution in [1.29, 1.82) is 0 Å². The molecule has 0 aliphatic heterocycles. The molecule has 0 saturated heterocycles. The van der Waals surface area contributed by atoms with Gasteiger partial charge in [0.15, 0.2) is 0 Å². The molecular weight excluding hydrogens is 418 g/mol. The van der Waals surface area contributed by atoms with Gasteiger partial charge in [-0.1, -0.05) is 6.07 Å². The van der Waals surface area contributed by atoms with Crippen LogP contribution in [0.3, 0.4) is 0 Å². The lowest BCUT2D eigenvalue weighted by Gasteiger charge is -2.11. The Morgan fingerprint density at radius 1 is 1.16 bits per heavy atom. The standard InChI is InChI=1S/C21H19N5O4S/c1-12-9-19(27)24-21(22-12)26-18(11-15(25-26)17-5-4-8-31-17)23-20(28)14-7-6-13(29-2)10-16(14)30-3/h4-11H,1-3H3,(H,23,28)(H,22,24,27). The number of aromatic amines is 1. The molecule has 0 spiro atoms. The van der Waals surface area contributed by atoms with Crippen LogP contribution in [0.2, 0.25) is 0 Å². The fraction of sp³-hybridized carbons (Fsp3) is 0.143. The molecule has 1 amide bonds. The maximum Gasteiger partial charge on any atom is 0.260 e. The van der Waals surface area contributed by atoms with E-state index < -0.39 is 5.91 Å². The van der Waals surface area contributed by atoms with Crippen LogP contribution in [0.25, 0.3) is 16.5 Å². The molecule has 0 saturated carbocycles. The Hall–Kier alpha value is -3.92. The zero-order valence-corrected chi connectivity index (χ0v) is 17.8. The number of hydrogen-bond acceptors (Lipinski definition) is 7. The van der Waals surface area contributed by atoms with E-state index >= 15 is 0 Å². The fourth-order valence-corrected chi connectivity index (χ4v) is 3.69. The van der Waals surface area contributed by atoms with Gasteiger partial charge in [0.2, 0.25) is 5.95 Å². The van der Waals surface area contributed by atoms with E-state index in [2.05, 4.69) is 20.4 Å². The molecule has 0 atom stereocenters. The van der Waals surface area contributed by atoms with E-state index in [0.717, 1.165) is 4.88 Å². The van der Waals surface area contributed by atoms with Gasteiger partial charge in [-0.25, -0.2) is 4.98 Å². The second kappa shape index (κ2) is 8.44. The Kier molecular flexibility index (Phi) is 5.54. The normalized spacial score (nSPS) is 10.7. The molecule has 158 valence electrons. The topological polar surface area (TPSA) is 111 Å². The van der Waals surface area contributed by atoms with E-state index in [9.17, 15) is 9.59 Å². The minimum Gasteiger partial charge on any atom is -0.497 e. The molecule has 0 bridgehead atoms. The number of nitrogens with zero attached hydrogens (tertiary/aromatic N) is 3. The number of hydrogen-bond donors (Lipinski definition) is 2. The van der Waals surface area contributed by atoms with Crippen molar-refractivity contribution in [2.24, 2.45) is 0 Å². The van der Waals surface area contributed by atoms with Crippen LogP contribution in [-0.4, -0.2) is 39.9 Å². The van der Waals surface area contributed by atoms with Crippen molar-refractivity contribution in [3.05, 3.63) is 69.5 Å². The van der Waals surface area contributed by atoms with E-state index in [4.69, 9.17) is 9.47 Å². The molecule has 10 heteroatoms. The summed E-state index contributed by atoms with van der Waals surface area (Å²) in [6.45, 7) is 1.71. The molecule has 2 N–H and O–H groups in total. The molecule has 0 radical (unpaired) electrons. The van der Waals surface area contributed by atoms with Gasteiger partial charge in [-0.2, -0.15) is 9.78 Å². The number of thiophene rings is 1. The molecule has 3 aromatic heterocycles. The lowest BCUT2D eigenvalue weighted by atomic mass is 10.1. The van der Waals surface area contributed by atoms with Crippen LogP contribution in [0.5, 0.6) is 11.5 Å². The summed E-state index contributed by atoms with van der Waals surface area (Å²) in [7, 11) is 3.01. The van der Waals surface area contributed by atoms with Crippen molar-refractivity contribution in [3.63, 3.8) is 0 Å². The van der Waals surface area contributed by atoms with Crippen LogP contribution in [-0.2, 0) is 0 Å². The number of methoxy groups -OCH3 is 2. The largest absolute Gasteiger partial charge is 0.497 e. The van der Waals surface area contributed by atoms with Gasteiger partial charge in [-0.3, -0.25) is 14.6 Å². The van der Waals surface area contributed by atoms with Crippen molar-refractivity contribution < 1.29 is 14.3 Å². The summed E-state index contributed by atoms with van der Waals surface area (Å²) in [5.74, 6) is 1.07. The van der Waals surface area contributed by atoms with Crippen LogP contribution >= 0.6 is 11.3 Å². The Morgan fingerprint density at radius 2 is 2.00 bits per heavy atom. The van der Waals surface area contributed by atoms with Crippen LogP contribution in [0.4, 0.5) is 5.82 Å². The van der Waals surface area contributed by atoms with Crippen LogP contribution in [0.15, 0.2) is 52.6 Å². The SMILES string of the molecule is COc1ccc(C(=O)Nc2cc(-c3cccs3)nn2-c2nc(C)cc(=O)[nH]2)c(OC)c1. The molecular formula is C21H19N5O4S. The number of carbonyl (C=O) groups is 1. The van der Waals surface area contributed by atoms with E-state index in [0.29, 0.717) is 34.3 Å². The number of benzene rings is 1. The maximum atomic E-state index is 13.0. The molecule has 3 heterocycles. The van der Waals surface area contributed by atoms with Crippen molar-refractivity contribution in [3.8, 4) is 28.0 Å². The highest BCUT2D eigenvalue weighted by Gasteiger charge is 2.19. The number of carbonyl (C=O) groups excluding carboxylic acids is 1. The molecule has 0 fully saturated rings. The molecule has 0 aliphatic carbocycles. The molecule has 1 aromatic carbocycles. The average molecular weight is 437 g/mol. The van der Waals surface area contributed by atoms with Crippen LogP contribution < -0.4 is 20.3 Å². The number of nitrogens with one attached hydrogen (secondary N) is 2. The third-order valence-corrected chi connectivity index (χ3v) is 5.33. The minimum absolute atomic E-state index is 0.199. The van der Waals surface area contributed by atoms with Crippen molar-refractivity contribution in [2.45, 2.75) is 6.92 Å². The third-order valence-electron chi connectivity index (χ3n) is 4.44. The lowest BCUT2D eigenvalue weighted by Crippen LogP contribution is -2.19. The summed E-state index contributed by atoms with van der Waals surface area (Å²) in [6, 6.07) is 11.8. The summed E-state index contributed by atoms with van der Waals surface area (Å²) in [6.07, 6.45) is 0. The van der Waals surface area contributed by atoms with Crippen molar-refractivity contribution >= 4 is 23.1 Å². The first-order chi connectivity index (χ1) is 15.0. The molecule has 4 aromatic rings. The number of aromatic nitrogens is 4. The summed E-state index contributed by atoms with van der Waals surface area (Å²) in [5.41, 5.74) is 1.17. The number of anilines is 1. The Bertz CT molecular complexity index is 1290. The molecule has 9 nitrogen and oxygen atoms in total. The zero-order chi connectivity index (χ0) is 22.0. The van der Waals surface area contributed by atoms with E-state index in [1.165, 1.54) is 36.3 Å². The summed E-state index contributed by atoms with van der Waals surface area (Å²) >= 11 is 1.51. The van der Waals surface area contributed by atoms with Crippen molar-refractivity contribution in [2.75, 3.05) is 19.5 Å². The number of rotatable bonds is 6. The quantitative estimate of drug-likeness (QED) is 0.479. The summed E-state index contributed by atoms with van der Waals surface area (Å²) in [4.78, 5) is 32.9. The summed E-state index contributed by atoms with van der Waals surface area (Å²) < 4.78 is 11.9. The predicted molar refractivity (Wildman–Crippen MR) is 118 cm³/mol. The first kappa shape index (κ1) is 20.4. The third kappa shape index (κ3) is 4.19. The lowest BCUT2D eigenvalue weighted by molar-refractivity contribution is 0.102. The highest BCUT2D eigenvalue weighted by Crippen LogP contribution is 2.29. The Labute approximate surface area is 181 Å². The highest BCUT2D eigenvalue weighted by molar-refractivity contribution is 7.13. The number of aryl methyl sites for hydroxylation is 1. The molecule has 0 unspecified atom stereocenters. The predicted octanol–water partition coefficient (Wildman–Crippen LogP) is 3.26. The Balaban J connectivity index is 1.77. The van der Waals surface area contributed by atoms with Gasteiger partial charge < -0.3 is 14.8 Å². The van der Waals surface area contributed by atoms with E-state index in [-0.39, 0.29) is 11.5 Å². The molecule has 4 rings (SSSR count). The Morgan fingerprint density at radius 3 is 2.68 bits per heavy atom. The monoisotopic (exact) mass is 437 g/mol. The number of ether oxygens (including phenoxy) is 2. The molecule has 0 aliphatic rings. The first-order valence-corrected chi connectivity index (χ1v) is 10.1. The van der Waals surface area contributed by atoms with Gasteiger partial charge in [0, 0.05) is 23.9 Å². The fourth-order valence-electron chi connectivity index (χ4n) is 3.01. The highest BCUT2D eigenvalue weighted by atomic mass is 32.1. The zero-order valence-electron chi connectivity index (χ0n) is 17.0. The maximum absolute atomic E-state index is 13.0. The van der Waals surface area contributed by atoms with Crippen LogP contribution in [0.1, 0.15) is 16.1 Å². The van der Waals surface area contributed by atoms with Gasteiger partial charge in [0.1, 0.15) is 23.0 Å². The first-order valence-electron chi connectivity index (χ1n) is 9.24. The second-order valence-electron chi connectivity index (χ2n) is 6.53. The number of amides is 1. The van der Waals surface area contributed by atoms with Gasteiger partial charge >= 0.3 is 0 Å². The number of H-pyrrole nitrogens is 1. The van der Waals surface area contributed by atoms with Gasteiger partial charge in [0.05, 0.1) is 24.7 Å². The van der Waals surface area contributed by atoms with E-state index in [1.54, 1.807) is 31.2 Å². The minimum atomic E-state index is -0.409. The van der Waals surface area contributed by atoms with Gasteiger partial charge in [0.25, 0.3) is 11.5 Å². The van der Waals surface area contributed by atoms with Crippen molar-refractivity contribution in [1.82, 2.24) is 19.7 Å². The average Bonchev–Trinajstić information content (AvgIpc) is 3.42. The summed E-state index contributed by atoms with van der Waals surface area (Å²) in [5, 5.41) is 9.32. The van der Waals surface area contributed by atoms with Crippen LogP contribution in [0, 0.1) is 6.92 Å². The van der Waals surface area contributed by atoms with E-state index in [1.807, 2.05) is 17.5 Å². The van der Waals surface area contributed by atoms with Gasteiger partial charge in [-0.15, -0.1) is 11.3 Å². The second-order valence-corrected chi connectivity index (χ2v) is 7.48. The van der Waals surface area contributed by atoms with Gasteiger partial charge in [-0.05, 0) is 30.5 Å². The smallest absolute Gasteiger partial charge is 0.260 e. The molecule has 31 heavy (non-hydrogen) atoms.